The lowest BCUT2D eigenvalue weighted by molar-refractivity contribution is 0.1000. The monoisotopic (exact) mass is 373 g/mol. The van der Waals surface area contributed by atoms with E-state index in [0.717, 1.165) is 31.6 Å². The highest BCUT2D eigenvalue weighted by Gasteiger charge is 2.24. The van der Waals surface area contributed by atoms with E-state index in [1.807, 2.05) is 18.2 Å². The fourth-order valence-corrected chi connectivity index (χ4v) is 3.62. The minimum absolute atomic E-state index is 0.369. The molecule has 0 bridgehead atoms. The van der Waals surface area contributed by atoms with Gasteiger partial charge in [0.1, 0.15) is 5.75 Å². The SMILES string of the molecule is NC(=O)c1ccc(Oc2cccc3c2CC(NCCc2ccccc2)C3)nc1. The number of amides is 1. The summed E-state index contributed by atoms with van der Waals surface area (Å²) in [5.74, 6) is 0.784. The summed E-state index contributed by atoms with van der Waals surface area (Å²) >= 11 is 0. The van der Waals surface area contributed by atoms with E-state index in [0.29, 0.717) is 17.5 Å². The number of carbonyl (C=O) groups excluding carboxylic acids is 1. The van der Waals surface area contributed by atoms with Crippen molar-refractivity contribution < 1.29 is 9.53 Å². The number of carbonyl (C=O) groups is 1. The van der Waals surface area contributed by atoms with E-state index in [2.05, 4.69) is 40.6 Å². The van der Waals surface area contributed by atoms with Crippen LogP contribution in [0, 0.1) is 0 Å². The van der Waals surface area contributed by atoms with Gasteiger partial charge in [-0.15, -0.1) is 0 Å². The predicted octanol–water partition coefficient (Wildman–Crippen LogP) is 3.27. The number of fused-ring (bicyclic) bond motifs is 1. The Balaban J connectivity index is 1.38. The van der Waals surface area contributed by atoms with Crippen LogP contribution < -0.4 is 15.8 Å². The maximum atomic E-state index is 11.2. The average Bonchev–Trinajstić information content (AvgIpc) is 3.13. The van der Waals surface area contributed by atoms with Crippen molar-refractivity contribution in [3.05, 3.63) is 89.1 Å². The van der Waals surface area contributed by atoms with Crippen LogP contribution in [0.25, 0.3) is 0 Å². The van der Waals surface area contributed by atoms with Crippen molar-refractivity contribution in [2.45, 2.75) is 25.3 Å². The number of hydrogen-bond acceptors (Lipinski definition) is 4. The second kappa shape index (κ2) is 8.23. The van der Waals surface area contributed by atoms with Crippen LogP contribution in [0.3, 0.4) is 0 Å². The number of nitrogens with two attached hydrogens (primary N) is 1. The minimum atomic E-state index is -0.496. The van der Waals surface area contributed by atoms with Gasteiger partial charge in [-0.05, 0) is 54.6 Å². The van der Waals surface area contributed by atoms with Crippen LogP contribution in [0.15, 0.2) is 66.9 Å². The lowest BCUT2D eigenvalue weighted by Gasteiger charge is -2.12. The van der Waals surface area contributed by atoms with Crippen LogP contribution in [0.4, 0.5) is 0 Å². The number of nitrogens with zero attached hydrogens (tertiary/aromatic N) is 1. The van der Waals surface area contributed by atoms with E-state index < -0.39 is 5.91 Å². The number of hydrogen-bond donors (Lipinski definition) is 2. The van der Waals surface area contributed by atoms with Gasteiger partial charge < -0.3 is 15.8 Å². The zero-order valence-electron chi connectivity index (χ0n) is 15.6. The van der Waals surface area contributed by atoms with E-state index >= 15 is 0 Å². The second-order valence-corrected chi connectivity index (χ2v) is 7.04. The van der Waals surface area contributed by atoms with Crippen LogP contribution in [0.1, 0.15) is 27.0 Å². The normalized spacial score (nSPS) is 15.2. The molecule has 1 aliphatic carbocycles. The standard InChI is InChI=1S/C23H23N3O2/c24-23(27)18-9-10-22(26-15-18)28-21-8-4-7-17-13-19(14-20(17)21)25-12-11-16-5-2-1-3-6-16/h1-10,15,19,25H,11-14H2,(H2,24,27). The third-order valence-corrected chi connectivity index (χ3v) is 5.07. The number of pyridine rings is 1. The number of primary amides is 1. The number of nitrogens with one attached hydrogen (secondary N) is 1. The largest absolute Gasteiger partial charge is 0.439 e. The lowest BCUT2D eigenvalue weighted by Crippen LogP contribution is -2.31. The van der Waals surface area contributed by atoms with Crippen molar-refractivity contribution in [1.29, 1.82) is 0 Å². The van der Waals surface area contributed by atoms with Crippen molar-refractivity contribution in [2.75, 3.05) is 6.54 Å². The summed E-state index contributed by atoms with van der Waals surface area (Å²) in [6.07, 6.45) is 4.39. The molecule has 1 aliphatic rings. The molecule has 0 saturated heterocycles. The smallest absolute Gasteiger partial charge is 0.250 e. The van der Waals surface area contributed by atoms with Crippen molar-refractivity contribution in [3.8, 4) is 11.6 Å². The lowest BCUT2D eigenvalue weighted by atomic mass is 10.1. The highest BCUT2D eigenvalue weighted by Crippen LogP contribution is 2.33. The Morgan fingerprint density at radius 2 is 1.93 bits per heavy atom. The molecule has 4 rings (SSSR count). The fraction of sp³-hybridized carbons (Fsp3) is 0.217. The van der Waals surface area contributed by atoms with Gasteiger partial charge in [-0.3, -0.25) is 4.79 Å². The molecule has 0 spiro atoms. The highest BCUT2D eigenvalue weighted by molar-refractivity contribution is 5.92. The highest BCUT2D eigenvalue weighted by atomic mass is 16.5. The molecule has 0 fully saturated rings. The first-order chi connectivity index (χ1) is 13.7. The topological polar surface area (TPSA) is 77.2 Å². The van der Waals surface area contributed by atoms with Crippen molar-refractivity contribution in [3.63, 3.8) is 0 Å². The van der Waals surface area contributed by atoms with Crippen molar-refractivity contribution >= 4 is 5.91 Å². The molecule has 1 aromatic heterocycles. The Morgan fingerprint density at radius 1 is 1.07 bits per heavy atom. The van der Waals surface area contributed by atoms with E-state index in [4.69, 9.17) is 10.5 Å². The quantitative estimate of drug-likeness (QED) is 0.666. The van der Waals surface area contributed by atoms with E-state index in [9.17, 15) is 4.79 Å². The molecule has 0 radical (unpaired) electrons. The van der Waals surface area contributed by atoms with Crippen LogP contribution in [-0.4, -0.2) is 23.5 Å². The first-order valence-electron chi connectivity index (χ1n) is 9.51. The molecule has 1 atom stereocenters. The Morgan fingerprint density at radius 3 is 2.68 bits per heavy atom. The average molecular weight is 373 g/mol. The summed E-state index contributed by atoms with van der Waals surface area (Å²) in [6.45, 7) is 0.953. The zero-order chi connectivity index (χ0) is 19.3. The number of rotatable bonds is 7. The second-order valence-electron chi connectivity index (χ2n) is 7.04. The van der Waals surface area contributed by atoms with Gasteiger partial charge in [0.2, 0.25) is 11.8 Å². The van der Waals surface area contributed by atoms with Crippen LogP contribution >= 0.6 is 0 Å². The summed E-state index contributed by atoms with van der Waals surface area (Å²) in [5, 5.41) is 3.67. The summed E-state index contributed by atoms with van der Waals surface area (Å²) in [7, 11) is 0. The van der Waals surface area contributed by atoms with Gasteiger partial charge in [-0.25, -0.2) is 4.98 Å². The van der Waals surface area contributed by atoms with Gasteiger partial charge in [0, 0.05) is 18.3 Å². The summed E-state index contributed by atoms with van der Waals surface area (Å²) in [6, 6.07) is 20.4. The van der Waals surface area contributed by atoms with Crippen molar-refractivity contribution in [2.24, 2.45) is 5.73 Å². The van der Waals surface area contributed by atoms with E-state index in [1.165, 1.54) is 22.9 Å². The van der Waals surface area contributed by atoms with E-state index in [-0.39, 0.29) is 0 Å². The molecule has 0 aliphatic heterocycles. The zero-order valence-corrected chi connectivity index (χ0v) is 15.6. The van der Waals surface area contributed by atoms with Gasteiger partial charge in [0.15, 0.2) is 0 Å². The van der Waals surface area contributed by atoms with Gasteiger partial charge in [0.25, 0.3) is 0 Å². The van der Waals surface area contributed by atoms with E-state index in [1.54, 1.807) is 12.1 Å². The van der Waals surface area contributed by atoms with Crippen LogP contribution in [0.2, 0.25) is 0 Å². The van der Waals surface area contributed by atoms with Gasteiger partial charge in [-0.1, -0.05) is 42.5 Å². The number of ether oxygens (including phenoxy) is 1. The summed E-state index contributed by atoms with van der Waals surface area (Å²) in [4.78, 5) is 15.4. The Bertz CT molecular complexity index is 955. The minimum Gasteiger partial charge on any atom is -0.439 e. The molecular weight excluding hydrogens is 350 g/mol. The maximum absolute atomic E-state index is 11.2. The first-order valence-corrected chi connectivity index (χ1v) is 9.51. The third-order valence-electron chi connectivity index (χ3n) is 5.07. The Kier molecular flexibility index (Phi) is 5.35. The Hall–Kier alpha value is -3.18. The Labute approximate surface area is 164 Å². The molecule has 5 nitrogen and oxygen atoms in total. The third kappa shape index (κ3) is 4.21. The number of aromatic nitrogens is 1. The molecule has 3 aromatic rings. The molecule has 0 saturated carbocycles. The summed E-state index contributed by atoms with van der Waals surface area (Å²) in [5.41, 5.74) is 9.50. The summed E-state index contributed by atoms with van der Waals surface area (Å²) < 4.78 is 5.99. The van der Waals surface area contributed by atoms with Gasteiger partial charge >= 0.3 is 0 Å². The molecule has 2 aromatic carbocycles. The van der Waals surface area contributed by atoms with Crippen molar-refractivity contribution in [1.82, 2.24) is 10.3 Å². The molecule has 1 unspecified atom stereocenters. The first kappa shape index (κ1) is 18.2. The fourth-order valence-electron chi connectivity index (χ4n) is 3.62. The molecule has 28 heavy (non-hydrogen) atoms. The molecule has 5 heteroatoms. The molecule has 3 N–H and O–H groups in total. The van der Waals surface area contributed by atoms with Gasteiger partial charge in [-0.2, -0.15) is 0 Å². The molecule has 1 heterocycles. The predicted molar refractivity (Wildman–Crippen MR) is 109 cm³/mol. The molecule has 142 valence electrons. The van der Waals surface area contributed by atoms with Crippen LogP contribution in [0.5, 0.6) is 11.6 Å². The molecular formula is C23H23N3O2. The van der Waals surface area contributed by atoms with Gasteiger partial charge in [0.05, 0.1) is 5.56 Å². The maximum Gasteiger partial charge on any atom is 0.250 e. The number of benzene rings is 2. The molecule has 1 amide bonds. The van der Waals surface area contributed by atoms with Crippen LogP contribution in [-0.2, 0) is 19.3 Å².